The Hall–Kier alpha value is -2.16. The first-order valence-electron chi connectivity index (χ1n) is 6.74. The molecule has 2 aromatic rings. The highest BCUT2D eigenvalue weighted by Crippen LogP contribution is 2.28. The van der Waals surface area contributed by atoms with Crippen molar-refractivity contribution < 1.29 is 9.90 Å². The van der Waals surface area contributed by atoms with E-state index in [0.717, 1.165) is 28.7 Å². The minimum absolute atomic E-state index is 0.00481. The van der Waals surface area contributed by atoms with Gasteiger partial charge in [-0.05, 0) is 55.0 Å². The summed E-state index contributed by atoms with van der Waals surface area (Å²) in [6, 6.07) is 10.1. The van der Waals surface area contributed by atoms with Crippen LogP contribution in [0.2, 0.25) is 0 Å². The first-order valence-corrected chi connectivity index (χ1v) is 6.74. The van der Waals surface area contributed by atoms with E-state index in [1.165, 1.54) is 0 Å². The summed E-state index contributed by atoms with van der Waals surface area (Å²) >= 11 is 0. The molecule has 0 spiro atoms. The van der Waals surface area contributed by atoms with Crippen molar-refractivity contribution >= 4 is 5.97 Å². The molecule has 1 aromatic heterocycles. The fourth-order valence-electron chi connectivity index (χ4n) is 2.51. The van der Waals surface area contributed by atoms with Crippen molar-refractivity contribution in [2.24, 2.45) is 0 Å². The molecule has 0 radical (unpaired) electrons. The number of pyridine rings is 1. The second-order valence-electron chi connectivity index (χ2n) is 5.21. The van der Waals surface area contributed by atoms with Gasteiger partial charge in [0.25, 0.3) is 0 Å². The molecule has 1 N–H and O–H groups in total. The van der Waals surface area contributed by atoms with Crippen LogP contribution in [0.25, 0.3) is 0 Å². The molecule has 0 fully saturated rings. The molecule has 1 unspecified atom stereocenters. The van der Waals surface area contributed by atoms with E-state index in [1.807, 2.05) is 26.0 Å². The lowest BCUT2D eigenvalue weighted by Gasteiger charge is -2.18. The topological polar surface area (TPSA) is 50.2 Å². The van der Waals surface area contributed by atoms with Gasteiger partial charge in [-0.1, -0.05) is 23.8 Å². The van der Waals surface area contributed by atoms with Gasteiger partial charge in [-0.15, -0.1) is 0 Å². The van der Waals surface area contributed by atoms with E-state index < -0.39 is 5.97 Å². The summed E-state index contributed by atoms with van der Waals surface area (Å²) < 4.78 is 0. The number of aliphatic carboxylic acids is 1. The Kier molecular flexibility index (Phi) is 4.51. The molecule has 3 nitrogen and oxygen atoms in total. The number of carboxylic acids is 1. The number of carbonyl (C=O) groups is 1. The van der Waals surface area contributed by atoms with Crippen LogP contribution in [-0.2, 0) is 11.2 Å². The van der Waals surface area contributed by atoms with Crippen LogP contribution in [0.3, 0.4) is 0 Å². The van der Waals surface area contributed by atoms with Crippen molar-refractivity contribution in [3.8, 4) is 0 Å². The number of rotatable bonds is 5. The standard InChI is InChI=1S/C17H19NO2/c1-12-3-4-13(2)16(9-12)15(11-17(19)20)10-14-5-7-18-8-6-14/h3-9,15H,10-11H2,1-2H3,(H,19,20). The zero-order valence-electron chi connectivity index (χ0n) is 11.8. The second-order valence-corrected chi connectivity index (χ2v) is 5.21. The van der Waals surface area contributed by atoms with Crippen LogP contribution in [0.5, 0.6) is 0 Å². The summed E-state index contributed by atoms with van der Waals surface area (Å²) in [6.45, 7) is 4.07. The Morgan fingerprint density at radius 2 is 1.90 bits per heavy atom. The molecular weight excluding hydrogens is 250 g/mol. The molecule has 3 heteroatoms. The SMILES string of the molecule is Cc1ccc(C)c(C(CC(=O)O)Cc2ccncc2)c1. The van der Waals surface area contributed by atoms with Gasteiger partial charge in [0.2, 0.25) is 0 Å². The first-order chi connectivity index (χ1) is 9.56. The highest BCUT2D eigenvalue weighted by atomic mass is 16.4. The molecule has 1 aromatic carbocycles. The van der Waals surface area contributed by atoms with E-state index in [9.17, 15) is 9.90 Å². The first kappa shape index (κ1) is 14.3. The molecule has 1 heterocycles. The Morgan fingerprint density at radius 1 is 1.20 bits per heavy atom. The molecule has 2 rings (SSSR count). The van der Waals surface area contributed by atoms with E-state index in [0.29, 0.717) is 0 Å². The summed E-state index contributed by atoms with van der Waals surface area (Å²) in [4.78, 5) is 15.2. The maximum absolute atomic E-state index is 11.2. The average Bonchev–Trinajstić information content (AvgIpc) is 2.41. The summed E-state index contributed by atoms with van der Waals surface area (Å²) in [5.74, 6) is -0.764. The molecule has 1 atom stereocenters. The third kappa shape index (κ3) is 3.67. The van der Waals surface area contributed by atoms with Crippen LogP contribution in [0.4, 0.5) is 0 Å². The van der Waals surface area contributed by atoms with Gasteiger partial charge in [-0.2, -0.15) is 0 Å². The molecule has 0 amide bonds. The molecular formula is C17H19NO2. The maximum atomic E-state index is 11.2. The zero-order valence-corrected chi connectivity index (χ0v) is 11.8. The highest BCUT2D eigenvalue weighted by molar-refractivity contribution is 5.68. The number of hydrogen-bond acceptors (Lipinski definition) is 2. The van der Waals surface area contributed by atoms with Crippen LogP contribution in [-0.4, -0.2) is 16.1 Å². The third-order valence-corrected chi connectivity index (χ3v) is 3.53. The van der Waals surface area contributed by atoms with Crippen molar-refractivity contribution in [1.82, 2.24) is 4.98 Å². The van der Waals surface area contributed by atoms with Crippen molar-refractivity contribution in [3.63, 3.8) is 0 Å². The van der Waals surface area contributed by atoms with E-state index in [4.69, 9.17) is 0 Å². The number of aromatic nitrogens is 1. The molecule has 104 valence electrons. The number of nitrogens with zero attached hydrogens (tertiary/aromatic N) is 1. The fraction of sp³-hybridized carbons (Fsp3) is 0.294. The summed E-state index contributed by atoms with van der Waals surface area (Å²) in [7, 11) is 0. The van der Waals surface area contributed by atoms with Crippen molar-refractivity contribution in [2.45, 2.75) is 32.6 Å². The van der Waals surface area contributed by atoms with Gasteiger partial charge < -0.3 is 5.11 Å². The van der Waals surface area contributed by atoms with Gasteiger partial charge in [0.05, 0.1) is 6.42 Å². The van der Waals surface area contributed by atoms with Crippen molar-refractivity contribution in [3.05, 3.63) is 65.0 Å². The number of hydrogen-bond donors (Lipinski definition) is 1. The van der Waals surface area contributed by atoms with Crippen LogP contribution in [0, 0.1) is 13.8 Å². The lowest BCUT2D eigenvalue weighted by atomic mass is 9.86. The lowest BCUT2D eigenvalue weighted by molar-refractivity contribution is -0.137. The minimum atomic E-state index is -0.759. The van der Waals surface area contributed by atoms with E-state index in [2.05, 4.69) is 23.2 Å². The molecule has 0 aliphatic rings. The Morgan fingerprint density at radius 3 is 2.55 bits per heavy atom. The Labute approximate surface area is 119 Å². The van der Waals surface area contributed by atoms with Crippen LogP contribution < -0.4 is 0 Å². The predicted molar refractivity (Wildman–Crippen MR) is 78.9 cm³/mol. The predicted octanol–water partition coefficient (Wildman–Crippen LogP) is 3.50. The van der Waals surface area contributed by atoms with E-state index >= 15 is 0 Å². The average molecular weight is 269 g/mol. The largest absolute Gasteiger partial charge is 0.481 e. The minimum Gasteiger partial charge on any atom is -0.481 e. The number of aryl methyl sites for hydroxylation is 2. The maximum Gasteiger partial charge on any atom is 0.303 e. The number of carboxylic acid groups (broad SMARTS) is 1. The third-order valence-electron chi connectivity index (χ3n) is 3.53. The Balaban J connectivity index is 2.32. The van der Waals surface area contributed by atoms with Gasteiger partial charge in [-0.25, -0.2) is 0 Å². The smallest absolute Gasteiger partial charge is 0.303 e. The van der Waals surface area contributed by atoms with Gasteiger partial charge >= 0.3 is 5.97 Å². The van der Waals surface area contributed by atoms with Gasteiger partial charge in [0, 0.05) is 12.4 Å². The van der Waals surface area contributed by atoms with E-state index in [1.54, 1.807) is 12.4 Å². The highest BCUT2D eigenvalue weighted by Gasteiger charge is 2.18. The summed E-state index contributed by atoms with van der Waals surface area (Å²) in [6.07, 6.45) is 4.36. The molecule has 0 saturated heterocycles. The van der Waals surface area contributed by atoms with Gasteiger partial charge in [-0.3, -0.25) is 9.78 Å². The van der Waals surface area contributed by atoms with Crippen LogP contribution >= 0.6 is 0 Å². The van der Waals surface area contributed by atoms with E-state index in [-0.39, 0.29) is 12.3 Å². The quantitative estimate of drug-likeness (QED) is 0.903. The van der Waals surface area contributed by atoms with Crippen molar-refractivity contribution in [1.29, 1.82) is 0 Å². The van der Waals surface area contributed by atoms with Gasteiger partial charge in [0.15, 0.2) is 0 Å². The molecule has 0 bridgehead atoms. The Bertz CT molecular complexity index is 593. The fourth-order valence-corrected chi connectivity index (χ4v) is 2.51. The monoisotopic (exact) mass is 269 g/mol. The number of benzene rings is 1. The molecule has 20 heavy (non-hydrogen) atoms. The summed E-state index contributed by atoms with van der Waals surface area (Å²) in [5, 5.41) is 9.17. The zero-order chi connectivity index (χ0) is 14.5. The summed E-state index contributed by atoms with van der Waals surface area (Å²) in [5.41, 5.74) is 4.56. The molecule has 0 aliphatic carbocycles. The van der Waals surface area contributed by atoms with Crippen molar-refractivity contribution in [2.75, 3.05) is 0 Å². The second kappa shape index (κ2) is 6.33. The molecule has 0 aliphatic heterocycles. The normalized spacial score (nSPS) is 12.1. The van der Waals surface area contributed by atoms with Crippen LogP contribution in [0.1, 0.15) is 34.6 Å². The van der Waals surface area contributed by atoms with Crippen LogP contribution in [0.15, 0.2) is 42.7 Å². The van der Waals surface area contributed by atoms with Gasteiger partial charge in [0.1, 0.15) is 0 Å². The molecule has 0 saturated carbocycles. The lowest BCUT2D eigenvalue weighted by Crippen LogP contribution is -2.11.